The summed E-state index contributed by atoms with van der Waals surface area (Å²) in [6.45, 7) is 1.39. The highest BCUT2D eigenvalue weighted by molar-refractivity contribution is 7.90. The first-order valence-electron chi connectivity index (χ1n) is 11.8. The van der Waals surface area contributed by atoms with Crippen molar-refractivity contribution in [2.75, 3.05) is 12.0 Å². The first-order valence-corrected chi connectivity index (χ1v) is 15.0. The Balaban J connectivity index is 2.28. The lowest BCUT2D eigenvalue weighted by Crippen LogP contribution is -2.35. The second-order valence-corrected chi connectivity index (χ2v) is 12.8. The van der Waals surface area contributed by atoms with Crippen molar-refractivity contribution in [3.8, 4) is 0 Å². The molecule has 0 heterocycles. The van der Waals surface area contributed by atoms with Gasteiger partial charge in [-0.2, -0.15) is 26.3 Å². The van der Waals surface area contributed by atoms with Gasteiger partial charge in [0.1, 0.15) is 15.6 Å². The highest BCUT2D eigenvalue weighted by Crippen LogP contribution is 2.41. The lowest BCUT2D eigenvalue weighted by Gasteiger charge is -2.19. The number of hydrogen-bond acceptors (Lipinski definition) is 4. The molecule has 15 heteroatoms. The fraction of sp³-hybridized carbons (Fsp3) is 0.385. The van der Waals surface area contributed by atoms with Crippen molar-refractivity contribution in [1.82, 2.24) is 5.32 Å². The van der Waals surface area contributed by atoms with Gasteiger partial charge in [0.15, 0.2) is 0 Å². The highest BCUT2D eigenvalue weighted by Gasteiger charge is 2.40. The molecule has 2 aromatic rings. The van der Waals surface area contributed by atoms with Crippen LogP contribution >= 0.6 is 34.8 Å². The molecule has 0 saturated heterocycles. The van der Waals surface area contributed by atoms with E-state index >= 15 is 0 Å². The van der Waals surface area contributed by atoms with Gasteiger partial charge >= 0.3 is 12.4 Å². The highest BCUT2D eigenvalue weighted by atomic mass is 35.5. The molecule has 5 nitrogen and oxygen atoms in total. The molecule has 2 atom stereocenters. The number of hydrogen-bond donors (Lipinski definition) is 1. The summed E-state index contributed by atoms with van der Waals surface area (Å²) in [5.41, 5.74) is -2.86. The van der Waals surface area contributed by atoms with E-state index in [0.29, 0.717) is 12.1 Å². The van der Waals surface area contributed by atoms with Crippen LogP contribution < -0.4 is 5.32 Å². The second-order valence-electron chi connectivity index (χ2n) is 9.33. The zero-order valence-corrected chi connectivity index (χ0v) is 24.6. The van der Waals surface area contributed by atoms with Crippen molar-refractivity contribution in [3.63, 3.8) is 0 Å². The van der Waals surface area contributed by atoms with Crippen LogP contribution in [0.25, 0.3) is 6.08 Å². The molecular formula is C26H24Cl3F6NO4S. The van der Waals surface area contributed by atoms with Crippen molar-refractivity contribution in [2.24, 2.45) is 0 Å². The van der Waals surface area contributed by atoms with E-state index < -0.39 is 51.2 Å². The molecule has 1 unspecified atom stereocenters. The van der Waals surface area contributed by atoms with Crippen LogP contribution in [-0.2, 0) is 20.8 Å². The van der Waals surface area contributed by atoms with Crippen molar-refractivity contribution in [1.29, 1.82) is 0 Å². The van der Waals surface area contributed by atoms with Crippen molar-refractivity contribution in [2.45, 2.75) is 50.5 Å². The van der Waals surface area contributed by atoms with E-state index in [-0.39, 0.29) is 57.0 Å². The molecule has 1 N–H and O–H groups in total. The predicted molar refractivity (Wildman–Crippen MR) is 146 cm³/mol. The normalized spacial score (nSPS) is 14.2. The molecule has 2 rings (SSSR count). The molecule has 0 radical (unpaired) electrons. The molecule has 1 amide bonds. The monoisotopic (exact) mass is 665 g/mol. The van der Waals surface area contributed by atoms with Gasteiger partial charge in [0.05, 0.1) is 37.9 Å². The lowest BCUT2D eigenvalue weighted by molar-refractivity contribution is -0.139. The topological polar surface area (TPSA) is 80.3 Å². The summed E-state index contributed by atoms with van der Waals surface area (Å²) in [7, 11) is -3.27. The van der Waals surface area contributed by atoms with Gasteiger partial charge in [-0.1, -0.05) is 53.0 Å². The molecule has 0 saturated carbocycles. The van der Waals surface area contributed by atoms with Gasteiger partial charge in [-0.05, 0) is 48.7 Å². The van der Waals surface area contributed by atoms with Crippen molar-refractivity contribution < 1.29 is 44.3 Å². The number of carbonyl (C=O) groups excluding carboxylic acids is 2. The van der Waals surface area contributed by atoms with E-state index in [9.17, 15) is 44.3 Å². The third kappa shape index (κ3) is 10.8. The molecule has 2 aromatic carbocycles. The summed E-state index contributed by atoms with van der Waals surface area (Å²) in [6, 6.07) is 3.41. The van der Waals surface area contributed by atoms with Gasteiger partial charge in [0, 0.05) is 25.1 Å². The lowest BCUT2D eigenvalue weighted by atomic mass is 9.96. The Morgan fingerprint density at radius 3 is 2.10 bits per heavy atom. The van der Waals surface area contributed by atoms with Gasteiger partial charge in [-0.25, -0.2) is 8.42 Å². The van der Waals surface area contributed by atoms with E-state index in [4.69, 9.17) is 34.8 Å². The summed E-state index contributed by atoms with van der Waals surface area (Å²) in [5, 5.41) is 1.66. The number of alkyl halides is 6. The fourth-order valence-electron chi connectivity index (χ4n) is 3.80. The number of carbonyl (C=O) groups is 2. The van der Waals surface area contributed by atoms with Crippen LogP contribution in [0.1, 0.15) is 59.2 Å². The average Bonchev–Trinajstić information content (AvgIpc) is 2.80. The zero-order chi connectivity index (χ0) is 31.3. The smallest absolute Gasteiger partial charge is 0.349 e. The second kappa shape index (κ2) is 13.8. The number of allylic oxidation sites excluding steroid dienone is 1. The van der Waals surface area contributed by atoms with E-state index in [2.05, 4.69) is 5.32 Å². The Kier molecular flexibility index (Phi) is 11.7. The maximum absolute atomic E-state index is 13.8. The molecule has 0 aliphatic rings. The maximum atomic E-state index is 13.8. The number of nitrogens with one attached hydrogen (secondary N) is 1. The molecule has 226 valence electrons. The van der Waals surface area contributed by atoms with Crippen molar-refractivity contribution in [3.05, 3.63) is 73.7 Å². The molecule has 0 aromatic heterocycles. The van der Waals surface area contributed by atoms with Gasteiger partial charge in [0.2, 0.25) is 0 Å². The Hall–Kier alpha value is -2.28. The summed E-state index contributed by atoms with van der Waals surface area (Å²) >= 11 is 17.5. The number of rotatable bonds is 11. The Bertz CT molecular complexity index is 1400. The molecule has 0 aliphatic carbocycles. The van der Waals surface area contributed by atoms with E-state index in [0.717, 1.165) is 36.6 Å². The molecule has 0 aliphatic heterocycles. The Morgan fingerprint density at radius 2 is 1.59 bits per heavy atom. The number of amides is 1. The number of Topliss-reactive ketones (excluding diaryl/α,β-unsaturated/α-hetero) is 1. The van der Waals surface area contributed by atoms with Crippen LogP contribution in [0.15, 0.2) is 36.4 Å². The first kappa shape index (κ1) is 34.9. The first-order chi connectivity index (χ1) is 18.7. The van der Waals surface area contributed by atoms with Crippen LogP contribution in [0.2, 0.25) is 15.1 Å². The third-order valence-electron chi connectivity index (χ3n) is 5.67. The summed E-state index contributed by atoms with van der Waals surface area (Å²) in [6.07, 6.45) is -7.70. The predicted octanol–water partition coefficient (Wildman–Crippen LogP) is 7.93. The number of sulfone groups is 1. The van der Waals surface area contributed by atoms with Gasteiger partial charge in [-0.3, -0.25) is 9.59 Å². The molecule has 0 spiro atoms. The summed E-state index contributed by atoms with van der Waals surface area (Å²) in [4.78, 5) is 24.7. The number of halogens is 9. The minimum Gasteiger partial charge on any atom is -0.349 e. The molecule has 0 bridgehead atoms. The Morgan fingerprint density at radius 1 is 1.00 bits per heavy atom. The van der Waals surface area contributed by atoms with Crippen LogP contribution in [-0.4, -0.2) is 44.3 Å². The van der Waals surface area contributed by atoms with E-state index in [1.54, 1.807) is 0 Å². The summed E-state index contributed by atoms with van der Waals surface area (Å²) < 4.78 is 105. The average molecular weight is 667 g/mol. The van der Waals surface area contributed by atoms with E-state index in [1.165, 1.54) is 6.92 Å². The van der Waals surface area contributed by atoms with Crippen LogP contribution in [0.5, 0.6) is 0 Å². The Labute approximate surface area is 247 Å². The number of benzene rings is 2. The van der Waals surface area contributed by atoms with Crippen LogP contribution in [0.3, 0.4) is 0 Å². The van der Waals surface area contributed by atoms with E-state index in [1.807, 2.05) is 0 Å². The SMILES string of the molecule is C[C@H](CC(=O)CCCS(C)(=O)=O)NC(=O)c1ccc(/C=C/C(c2cc(Cl)c(Cl)c(Cl)c2)C(F)(F)F)cc1C(F)(F)F. The van der Waals surface area contributed by atoms with Crippen LogP contribution in [0.4, 0.5) is 26.3 Å². The minimum atomic E-state index is -5.04. The minimum absolute atomic E-state index is 0.0683. The van der Waals surface area contributed by atoms with Gasteiger partial charge < -0.3 is 5.32 Å². The standard InChI is InChI=1S/C26H24Cl3F6NO4S/c1-14(10-17(37)4-3-9-41(2,39)40)36-24(38)18-7-5-15(11-20(18)26(33,34)35)6-8-19(25(30,31)32)16-12-21(27)23(29)22(28)13-16/h5-8,11-14,19H,3-4,9-10H2,1-2H3,(H,36,38)/b8-6+/t14-,19?/m1/s1. The van der Waals surface area contributed by atoms with Crippen LogP contribution in [0, 0.1) is 0 Å². The van der Waals surface area contributed by atoms with Gasteiger partial charge in [-0.15, -0.1) is 0 Å². The van der Waals surface area contributed by atoms with Crippen molar-refractivity contribution >= 4 is 62.4 Å². The quantitative estimate of drug-likeness (QED) is 0.195. The van der Waals surface area contributed by atoms with Gasteiger partial charge in [0.25, 0.3) is 5.91 Å². The zero-order valence-electron chi connectivity index (χ0n) is 21.5. The number of ketones is 1. The molecule has 0 fully saturated rings. The fourth-order valence-corrected chi connectivity index (χ4v) is 5.08. The summed E-state index contributed by atoms with van der Waals surface area (Å²) in [5.74, 6) is -4.04. The maximum Gasteiger partial charge on any atom is 0.417 e. The molecule has 41 heavy (non-hydrogen) atoms. The third-order valence-corrected chi connectivity index (χ3v) is 7.90. The largest absolute Gasteiger partial charge is 0.417 e. The molecular weight excluding hydrogens is 643 g/mol.